The Morgan fingerprint density at radius 3 is 2.10 bits per heavy atom. The maximum atomic E-state index is 9.33. The van der Waals surface area contributed by atoms with E-state index in [1.807, 2.05) is 0 Å². The van der Waals surface area contributed by atoms with E-state index < -0.39 is 10.4 Å². The van der Waals surface area contributed by atoms with Crippen molar-refractivity contribution in [2.24, 2.45) is 5.92 Å². The third kappa shape index (κ3) is 11.1. The maximum Gasteiger partial charge on any atom is 0.397 e. The van der Waals surface area contributed by atoms with Gasteiger partial charge in [-0.1, -0.05) is 46.0 Å². The molecule has 2 atom stereocenters. The molecule has 0 aromatic heterocycles. The molecule has 1 heterocycles. The molecule has 0 radical (unpaired) electrons. The molecule has 2 unspecified atom stereocenters. The van der Waals surface area contributed by atoms with E-state index in [-0.39, 0.29) is 0 Å². The van der Waals surface area contributed by atoms with Crippen molar-refractivity contribution >= 4 is 10.4 Å². The summed E-state index contributed by atoms with van der Waals surface area (Å²) in [7, 11) is -3.29. The predicted octanol–water partition coefficient (Wildman–Crippen LogP) is 3.51. The highest BCUT2D eigenvalue weighted by atomic mass is 32.3. The predicted molar refractivity (Wildman–Crippen MR) is 86.7 cm³/mol. The van der Waals surface area contributed by atoms with Crippen LogP contribution in [0.25, 0.3) is 0 Å². The molecule has 1 rings (SSSR count). The molecule has 0 aromatic carbocycles. The summed E-state index contributed by atoms with van der Waals surface area (Å²) >= 11 is 0. The monoisotopic (exact) mass is 323 g/mol. The van der Waals surface area contributed by atoms with Gasteiger partial charge in [-0.2, -0.15) is 8.42 Å². The van der Waals surface area contributed by atoms with E-state index in [0.717, 1.165) is 19.1 Å². The standard InChI is InChI=1S/C14H29N.CH4O4S/c1-4-5-6-7-8-9-11-15-12-10-13(2)14(15)3;1-5-6(2,3)4/h13-14H,4-12H2,1-3H3;1H3,(H,2,3,4). The van der Waals surface area contributed by atoms with Gasteiger partial charge in [0.25, 0.3) is 0 Å². The van der Waals surface area contributed by atoms with Crippen LogP contribution in [0, 0.1) is 5.92 Å². The van der Waals surface area contributed by atoms with Gasteiger partial charge < -0.3 is 4.90 Å². The summed E-state index contributed by atoms with van der Waals surface area (Å²) in [6, 6.07) is 0.834. The summed E-state index contributed by atoms with van der Waals surface area (Å²) in [6.45, 7) is 9.77. The van der Waals surface area contributed by atoms with Crippen molar-refractivity contribution < 1.29 is 17.2 Å². The van der Waals surface area contributed by atoms with Crippen LogP contribution in [0.2, 0.25) is 0 Å². The zero-order chi connectivity index (χ0) is 16.3. The molecule has 1 aliphatic heterocycles. The zero-order valence-electron chi connectivity index (χ0n) is 14.0. The summed E-state index contributed by atoms with van der Waals surface area (Å²) < 4.78 is 29.7. The van der Waals surface area contributed by atoms with E-state index in [2.05, 4.69) is 29.9 Å². The van der Waals surface area contributed by atoms with Gasteiger partial charge in [-0.25, -0.2) is 0 Å². The van der Waals surface area contributed by atoms with E-state index in [1.165, 1.54) is 58.0 Å². The first kappa shape index (κ1) is 20.8. The number of hydrogen-bond donors (Lipinski definition) is 1. The molecule has 0 saturated carbocycles. The highest BCUT2D eigenvalue weighted by Crippen LogP contribution is 2.23. The molecule has 6 heteroatoms. The van der Waals surface area contributed by atoms with Gasteiger partial charge in [0.15, 0.2) is 0 Å². The van der Waals surface area contributed by atoms with E-state index in [0.29, 0.717) is 0 Å². The molecule has 1 N–H and O–H groups in total. The first-order valence-corrected chi connectivity index (χ1v) is 9.45. The molecular formula is C15H33NO4S. The summed E-state index contributed by atoms with van der Waals surface area (Å²) in [6.07, 6.45) is 9.96. The van der Waals surface area contributed by atoms with Crippen molar-refractivity contribution in [3.05, 3.63) is 0 Å². The molecule has 1 fully saturated rings. The summed E-state index contributed by atoms with van der Waals surface area (Å²) in [5.74, 6) is 0.921. The average molecular weight is 323 g/mol. The first-order chi connectivity index (χ1) is 9.81. The second kappa shape index (κ2) is 11.4. The third-order valence-electron chi connectivity index (χ3n) is 4.28. The quantitative estimate of drug-likeness (QED) is 0.547. The largest absolute Gasteiger partial charge is 0.397 e. The van der Waals surface area contributed by atoms with E-state index in [4.69, 9.17) is 4.55 Å². The average Bonchev–Trinajstić information content (AvgIpc) is 2.74. The van der Waals surface area contributed by atoms with Gasteiger partial charge in [0, 0.05) is 6.04 Å². The normalized spacial score (nSPS) is 22.9. The minimum absolute atomic E-state index is 0.834. The minimum atomic E-state index is -4.16. The Balaban J connectivity index is 0.000000567. The summed E-state index contributed by atoms with van der Waals surface area (Å²) in [5.41, 5.74) is 0. The lowest BCUT2D eigenvalue weighted by Gasteiger charge is -2.22. The van der Waals surface area contributed by atoms with Crippen molar-refractivity contribution in [1.82, 2.24) is 4.90 Å². The molecular weight excluding hydrogens is 290 g/mol. The molecule has 5 nitrogen and oxygen atoms in total. The SMILES string of the molecule is CCCCCCCCN1CCC(C)C1C.COS(=O)(=O)O. The van der Waals surface area contributed by atoms with Crippen LogP contribution in [-0.4, -0.2) is 44.1 Å². The van der Waals surface area contributed by atoms with Crippen LogP contribution in [0.4, 0.5) is 0 Å². The smallest absolute Gasteiger partial charge is 0.300 e. The fourth-order valence-electron chi connectivity index (χ4n) is 2.58. The van der Waals surface area contributed by atoms with Crippen LogP contribution in [0.15, 0.2) is 0 Å². The molecule has 0 spiro atoms. The van der Waals surface area contributed by atoms with Crippen LogP contribution in [0.3, 0.4) is 0 Å². The van der Waals surface area contributed by atoms with Gasteiger partial charge in [0.1, 0.15) is 0 Å². The Morgan fingerprint density at radius 2 is 1.67 bits per heavy atom. The van der Waals surface area contributed by atoms with Crippen molar-refractivity contribution in [2.45, 2.75) is 71.8 Å². The number of rotatable bonds is 8. The molecule has 1 saturated heterocycles. The Morgan fingerprint density at radius 1 is 1.14 bits per heavy atom. The van der Waals surface area contributed by atoms with E-state index >= 15 is 0 Å². The highest BCUT2D eigenvalue weighted by Gasteiger charge is 2.26. The number of hydrogen-bond acceptors (Lipinski definition) is 4. The Labute approximate surface area is 131 Å². The Kier molecular flexibility index (Phi) is 11.3. The minimum Gasteiger partial charge on any atom is -0.300 e. The molecule has 0 bridgehead atoms. The molecule has 1 aliphatic rings. The number of likely N-dealkylation sites (tertiary alicyclic amines) is 1. The van der Waals surface area contributed by atoms with Crippen molar-refractivity contribution in [2.75, 3.05) is 20.2 Å². The lowest BCUT2D eigenvalue weighted by Crippen LogP contribution is -2.30. The second-order valence-corrected chi connectivity index (χ2v) is 7.09. The molecule has 0 aromatic rings. The van der Waals surface area contributed by atoms with Crippen LogP contribution in [0.1, 0.15) is 65.7 Å². The van der Waals surface area contributed by atoms with Crippen LogP contribution in [0.5, 0.6) is 0 Å². The van der Waals surface area contributed by atoms with Crippen molar-refractivity contribution in [3.8, 4) is 0 Å². The molecule has 21 heavy (non-hydrogen) atoms. The maximum absolute atomic E-state index is 9.33. The van der Waals surface area contributed by atoms with E-state index in [9.17, 15) is 8.42 Å². The topological polar surface area (TPSA) is 66.8 Å². The molecule has 0 aliphatic carbocycles. The number of nitrogens with zero attached hydrogens (tertiary/aromatic N) is 1. The fourth-order valence-corrected chi connectivity index (χ4v) is 2.58. The van der Waals surface area contributed by atoms with Crippen molar-refractivity contribution in [1.29, 1.82) is 0 Å². The summed E-state index contributed by atoms with van der Waals surface area (Å²) in [4.78, 5) is 2.69. The summed E-state index contributed by atoms with van der Waals surface area (Å²) in [5, 5.41) is 0. The Hall–Kier alpha value is -0.170. The number of unbranched alkanes of at least 4 members (excludes halogenated alkanes) is 5. The van der Waals surface area contributed by atoms with Gasteiger partial charge in [0.05, 0.1) is 7.11 Å². The third-order valence-corrected chi connectivity index (χ3v) is 4.70. The van der Waals surface area contributed by atoms with Gasteiger partial charge in [-0.15, -0.1) is 0 Å². The molecule has 0 amide bonds. The van der Waals surface area contributed by atoms with Crippen LogP contribution in [-0.2, 0) is 14.6 Å². The van der Waals surface area contributed by atoms with Crippen molar-refractivity contribution in [3.63, 3.8) is 0 Å². The van der Waals surface area contributed by atoms with Gasteiger partial charge >= 0.3 is 10.4 Å². The zero-order valence-corrected chi connectivity index (χ0v) is 14.9. The Bertz CT molecular complexity index is 346. The van der Waals surface area contributed by atoms with Crippen LogP contribution < -0.4 is 0 Å². The first-order valence-electron chi connectivity index (χ1n) is 8.08. The second-order valence-electron chi connectivity index (χ2n) is 5.90. The molecule has 128 valence electrons. The van der Waals surface area contributed by atoms with Gasteiger partial charge in [-0.3, -0.25) is 8.74 Å². The van der Waals surface area contributed by atoms with E-state index in [1.54, 1.807) is 0 Å². The van der Waals surface area contributed by atoms with Gasteiger partial charge in [0.2, 0.25) is 0 Å². The lowest BCUT2D eigenvalue weighted by atomic mass is 10.1. The lowest BCUT2D eigenvalue weighted by molar-refractivity contribution is 0.242. The van der Waals surface area contributed by atoms with Crippen LogP contribution >= 0.6 is 0 Å². The van der Waals surface area contributed by atoms with Gasteiger partial charge in [-0.05, 0) is 38.8 Å². The fraction of sp³-hybridized carbons (Fsp3) is 1.00. The highest BCUT2D eigenvalue weighted by molar-refractivity contribution is 7.80.